The molecule has 0 amide bonds. The minimum atomic E-state index is -2.52. The predicted octanol–water partition coefficient (Wildman–Crippen LogP) is 2.71. The largest absolute Gasteiger partial charge is 0.477 e. The second-order valence-electron chi connectivity index (χ2n) is 3.39. The number of halogens is 2. The molecule has 0 saturated carbocycles. The van der Waals surface area contributed by atoms with Crippen molar-refractivity contribution in [1.29, 1.82) is 0 Å². The molecule has 0 saturated heterocycles. The van der Waals surface area contributed by atoms with Crippen LogP contribution in [0.5, 0.6) is 0 Å². The summed E-state index contributed by atoms with van der Waals surface area (Å²) in [6.07, 6.45) is -2.52. The third-order valence-corrected chi connectivity index (χ3v) is 2.27. The van der Waals surface area contributed by atoms with Crippen molar-refractivity contribution in [2.75, 3.05) is 0 Å². The summed E-state index contributed by atoms with van der Waals surface area (Å²) < 4.78 is 24.6. The molecule has 0 bridgehead atoms. The molecule has 0 fully saturated rings. The first kappa shape index (κ1) is 11.3. The molecule has 0 aliphatic rings. The van der Waals surface area contributed by atoms with Crippen LogP contribution < -0.4 is 0 Å². The zero-order chi connectivity index (χ0) is 12.4. The molecular weight excluding hydrogens is 230 g/mol. The molecule has 88 valence electrons. The average Bonchev–Trinajstić information content (AvgIpc) is 2.78. The SMILES string of the molecule is O=C(O)c1cc(-c2ccc(C(F)F)cc2)n[nH]1. The van der Waals surface area contributed by atoms with Gasteiger partial charge in [-0.05, 0) is 6.07 Å². The molecule has 0 atom stereocenters. The van der Waals surface area contributed by atoms with Gasteiger partial charge in [-0.25, -0.2) is 13.6 Å². The normalized spacial score (nSPS) is 10.8. The monoisotopic (exact) mass is 238 g/mol. The third-order valence-electron chi connectivity index (χ3n) is 2.27. The quantitative estimate of drug-likeness (QED) is 0.863. The molecule has 0 aliphatic heterocycles. The number of rotatable bonds is 3. The molecule has 6 heteroatoms. The van der Waals surface area contributed by atoms with Crippen molar-refractivity contribution >= 4 is 5.97 Å². The van der Waals surface area contributed by atoms with E-state index in [1.54, 1.807) is 0 Å². The van der Waals surface area contributed by atoms with Crippen LogP contribution in [0, 0.1) is 0 Å². The van der Waals surface area contributed by atoms with E-state index < -0.39 is 12.4 Å². The van der Waals surface area contributed by atoms with Gasteiger partial charge in [-0.15, -0.1) is 0 Å². The molecule has 0 unspecified atom stereocenters. The summed E-state index contributed by atoms with van der Waals surface area (Å²) in [4.78, 5) is 10.6. The topological polar surface area (TPSA) is 66.0 Å². The highest BCUT2D eigenvalue weighted by molar-refractivity contribution is 5.86. The van der Waals surface area contributed by atoms with Crippen LogP contribution >= 0.6 is 0 Å². The van der Waals surface area contributed by atoms with Crippen LogP contribution in [-0.2, 0) is 0 Å². The summed E-state index contributed by atoms with van der Waals surface area (Å²) in [7, 11) is 0. The molecule has 1 aromatic carbocycles. The summed E-state index contributed by atoms with van der Waals surface area (Å²) in [5.74, 6) is -1.12. The van der Waals surface area contributed by atoms with E-state index >= 15 is 0 Å². The summed E-state index contributed by atoms with van der Waals surface area (Å²) in [6, 6.07) is 6.87. The maximum Gasteiger partial charge on any atom is 0.353 e. The Balaban J connectivity index is 2.30. The number of hydrogen-bond donors (Lipinski definition) is 2. The number of carboxylic acids is 1. The molecule has 0 aliphatic carbocycles. The van der Waals surface area contributed by atoms with E-state index in [0.29, 0.717) is 11.3 Å². The number of aromatic nitrogens is 2. The maximum absolute atomic E-state index is 12.3. The summed E-state index contributed by atoms with van der Waals surface area (Å²) in [5.41, 5.74) is 0.863. The van der Waals surface area contributed by atoms with Gasteiger partial charge >= 0.3 is 5.97 Å². The predicted molar refractivity (Wildman–Crippen MR) is 55.9 cm³/mol. The van der Waals surface area contributed by atoms with Gasteiger partial charge < -0.3 is 5.11 Å². The number of aromatic amines is 1. The van der Waals surface area contributed by atoms with Crippen molar-refractivity contribution in [3.63, 3.8) is 0 Å². The maximum atomic E-state index is 12.3. The van der Waals surface area contributed by atoms with E-state index in [1.807, 2.05) is 0 Å². The van der Waals surface area contributed by atoms with Gasteiger partial charge in [0, 0.05) is 11.1 Å². The number of nitrogens with one attached hydrogen (secondary N) is 1. The van der Waals surface area contributed by atoms with E-state index in [2.05, 4.69) is 10.2 Å². The third kappa shape index (κ3) is 2.30. The van der Waals surface area contributed by atoms with E-state index in [-0.39, 0.29) is 11.3 Å². The number of benzene rings is 1. The number of H-pyrrole nitrogens is 1. The van der Waals surface area contributed by atoms with E-state index in [4.69, 9.17) is 5.11 Å². The fourth-order valence-electron chi connectivity index (χ4n) is 1.38. The molecular formula is C11H8F2N2O2. The van der Waals surface area contributed by atoms with Gasteiger partial charge in [-0.1, -0.05) is 24.3 Å². The smallest absolute Gasteiger partial charge is 0.353 e. The second kappa shape index (κ2) is 4.32. The first-order valence-corrected chi connectivity index (χ1v) is 4.75. The summed E-state index contributed by atoms with van der Waals surface area (Å²) >= 11 is 0. The number of carboxylic acid groups (broad SMARTS) is 1. The number of hydrogen-bond acceptors (Lipinski definition) is 2. The van der Waals surface area contributed by atoms with Crippen LogP contribution in [-0.4, -0.2) is 21.3 Å². The lowest BCUT2D eigenvalue weighted by atomic mass is 10.1. The first-order chi connectivity index (χ1) is 8.08. The van der Waals surface area contributed by atoms with E-state index in [9.17, 15) is 13.6 Å². The molecule has 2 N–H and O–H groups in total. The Morgan fingerprint density at radius 1 is 1.29 bits per heavy atom. The Bertz CT molecular complexity index is 535. The Kier molecular flexibility index (Phi) is 2.86. The van der Waals surface area contributed by atoms with Gasteiger partial charge in [0.05, 0.1) is 5.69 Å². The number of aromatic carboxylic acids is 1. The van der Waals surface area contributed by atoms with Gasteiger partial charge in [-0.2, -0.15) is 5.10 Å². The molecule has 1 aromatic heterocycles. The molecule has 1 heterocycles. The zero-order valence-corrected chi connectivity index (χ0v) is 8.52. The molecule has 2 aromatic rings. The van der Waals surface area contributed by atoms with Gasteiger partial charge in [0.1, 0.15) is 5.69 Å². The lowest BCUT2D eigenvalue weighted by Crippen LogP contribution is -1.95. The first-order valence-electron chi connectivity index (χ1n) is 4.75. The highest BCUT2D eigenvalue weighted by atomic mass is 19.3. The highest BCUT2D eigenvalue weighted by Crippen LogP contribution is 2.23. The molecule has 2 rings (SSSR count). The Morgan fingerprint density at radius 3 is 2.41 bits per heavy atom. The van der Waals surface area contributed by atoms with Crippen LogP contribution in [0.4, 0.5) is 8.78 Å². The fraction of sp³-hybridized carbons (Fsp3) is 0.0909. The standard InChI is InChI=1S/C11H8F2N2O2/c12-10(13)7-3-1-6(2-4-7)8-5-9(11(16)17)15-14-8/h1-5,10H,(H,14,15)(H,16,17). The number of nitrogens with zero attached hydrogens (tertiary/aromatic N) is 1. The van der Waals surface area contributed by atoms with Crippen molar-refractivity contribution in [3.05, 3.63) is 41.6 Å². The second-order valence-corrected chi connectivity index (χ2v) is 3.39. The summed E-state index contributed by atoms with van der Waals surface area (Å²) in [6.45, 7) is 0. The number of carbonyl (C=O) groups is 1. The average molecular weight is 238 g/mol. The van der Waals surface area contributed by atoms with Gasteiger partial charge in [-0.3, -0.25) is 5.10 Å². The van der Waals surface area contributed by atoms with Crippen LogP contribution in [0.15, 0.2) is 30.3 Å². The Morgan fingerprint density at radius 2 is 1.94 bits per heavy atom. The van der Waals surface area contributed by atoms with Gasteiger partial charge in [0.2, 0.25) is 0 Å². The number of alkyl halides is 2. The lowest BCUT2D eigenvalue weighted by molar-refractivity contribution is 0.0690. The van der Waals surface area contributed by atoms with Crippen LogP contribution in [0.2, 0.25) is 0 Å². The fourth-order valence-corrected chi connectivity index (χ4v) is 1.38. The van der Waals surface area contributed by atoms with Crippen LogP contribution in [0.25, 0.3) is 11.3 Å². The van der Waals surface area contributed by atoms with Gasteiger partial charge in [0.25, 0.3) is 6.43 Å². The van der Waals surface area contributed by atoms with Crippen molar-refractivity contribution in [1.82, 2.24) is 10.2 Å². The molecule has 0 spiro atoms. The Hall–Kier alpha value is -2.24. The van der Waals surface area contributed by atoms with Gasteiger partial charge in [0.15, 0.2) is 0 Å². The lowest BCUT2D eigenvalue weighted by Gasteiger charge is -2.00. The summed E-state index contributed by atoms with van der Waals surface area (Å²) in [5, 5.41) is 14.8. The molecule has 4 nitrogen and oxygen atoms in total. The molecule has 17 heavy (non-hydrogen) atoms. The highest BCUT2D eigenvalue weighted by Gasteiger charge is 2.10. The van der Waals surface area contributed by atoms with Crippen molar-refractivity contribution in [2.24, 2.45) is 0 Å². The van der Waals surface area contributed by atoms with Crippen molar-refractivity contribution in [2.45, 2.75) is 6.43 Å². The van der Waals surface area contributed by atoms with E-state index in [1.165, 1.54) is 30.3 Å². The minimum Gasteiger partial charge on any atom is -0.477 e. The minimum absolute atomic E-state index is 0.0436. The zero-order valence-electron chi connectivity index (χ0n) is 8.52. The van der Waals surface area contributed by atoms with Crippen molar-refractivity contribution < 1.29 is 18.7 Å². The Labute approximate surface area is 94.9 Å². The van der Waals surface area contributed by atoms with Crippen LogP contribution in [0.3, 0.4) is 0 Å². The van der Waals surface area contributed by atoms with Crippen LogP contribution in [0.1, 0.15) is 22.5 Å². The van der Waals surface area contributed by atoms with Crippen molar-refractivity contribution in [3.8, 4) is 11.3 Å². The van der Waals surface area contributed by atoms with E-state index in [0.717, 1.165) is 0 Å². The molecule has 0 radical (unpaired) electrons.